The van der Waals surface area contributed by atoms with E-state index >= 15 is 0 Å². The van der Waals surface area contributed by atoms with Crippen molar-refractivity contribution in [2.24, 2.45) is 28.1 Å². The number of nitrogens with zero attached hydrogens (tertiary/aromatic N) is 1. The van der Waals surface area contributed by atoms with Crippen molar-refractivity contribution in [3.63, 3.8) is 0 Å². The number of aliphatic imine (C=N–C) groups is 1. The lowest BCUT2D eigenvalue weighted by Gasteiger charge is -2.26. The second kappa shape index (κ2) is 15.7. The van der Waals surface area contributed by atoms with Crippen molar-refractivity contribution in [2.45, 2.75) is 63.7 Å². The number of carbonyl (C=O) groups is 4. The number of guanidine groups is 1. The smallest absolute Gasteiger partial charge is 0.327 e. The Kier molecular flexibility index (Phi) is 12.7. The first-order valence-electron chi connectivity index (χ1n) is 13.1. The van der Waals surface area contributed by atoms with Gasteiger partial charge in [0.15, 0.2) is 5.96 Å². The lowest BCUT2D eigenvalue weighted by atomic mass is 9.98. The van der Waals surface area contributed by atoms with Crippen molar-refractivity contribution in [1.82, 2.24) is 20.9 Å². The zero-order chi connectivity index (χ0) is 29.8. The highest BCUT2D eigenvalue weighted by Gasteiger charge is 2.31. The fourth-order valence-electron chi connectivity index (χ4n) is 4.01. The summed E-state index contributed by atoms with van der Waals surface area (Å²) in [6, 6.07) is 3.22. The number of aromatic nitrogens is 1. The van der Waals surface area contributed by atoms with Crippen LogP contribution in [0.25, 0.3) is 10.9 Å². The number of carbonyl (C=O) groups excluding carboxylic acids is 3. The van der Waals surface area contributed by atoms with Gasteiger partial charge in [-0.25, -0.2) is 4.79 Å². The van der Waals surface area contributed by atoms with E-state index < -0.39 is 47.9 Å². The van der Waals surface area contributed by atoms with Crippen LogP contribution in [0.3, 0.4) is 0 Å². The Bertz CT molecular complexity index is 1200. The van der Waals surface area contributed by atoms with Gasteiger partial charge in [-0.05, 0) is 30.4 Å². The predicted molar refractivity (Wildman–Crippen MR) is 157 cm³/mol. The summed E-state index contributed by atoms with van der Waals surface area (Å²) in [5.41, 5.74) is 18.5. The maximum absolute atomic E-state index is 13.6. The number of H-pyrrole nitrogens is 1. The minimum absolute atomic E-state index is 0.105. The maximum Gasteiger partial charge on any atom is 0.327 e. The first-order chi connectivity index (χ1) is 19.0. The van der Waals surface area contributed by atoms with Gasteiger partial charge in [0, 0.05) is 35.8 Å². The van der Waals surface area contributed by atoms with Crippen LogP contribution in [-0.2, 0) is 25.6 Å². The number of amides is 3. The molecule has 0 spiro atoms. The van der Waals surface area contributed by atoms with Crippen LogP contribution in [0.2, 0.25) is 0 Å². The van der Waals surface area contributed by atoms with Crippen molar-refractivity contribution >= 4 is 53.2 Å². The zero-order valence-electron chi connectivity index (χ0n) is 22.7. The molecule has 220 valence electrons. The SMILES string of the molecule is CCC(C)C(N)C(=O)NC(Cc1c[nH]c2ccccc12)C(=O)NC(CCCN=C(N)N)C(=O)NC(CS)C(=O)O. The molecule has 14 heteroatoms. The normalized spacial score (nSPS) is 14.8. The van der Waals surface area contributed by atoms with Crippen molar-refractivity contribution < 1.29 is 24.3 Å². The largest absolute Gasteiger partial charge is 0.480 e. The number of aromatic amines is 1. The molecule has 3 amide bonds. The first kappa shape index (κ1) is 32.4. The van der Waals surface area contributed by atoms with E-state index in [-0.39, 0.29) is 37.0 Å². The zero-order valence-corrected chi connectivity index (χ0v) is 23.6. The van der Waals surface area contributed by atoms with E-state index in [9.17, 15) is 24.3 Å². The van der Waals surface area contributed by atoms with E-state index in [0.717, 1.165) is 16.5 Å². The number of hydrogen-bond donors (Lipinski definition) is 9. The average Bonchev–Trinajstić information content (AvgIpc) is 3.34. The van der Waals surface area contributed by atoms with Gasteiger partial charge in [-0.3, -0.25) is 19.4 Å². The molecule has 1 aromatic carbocycles. The summed E-state index contributed by atoms with van der Waals surface area (Å²) in [6.07, 6.45) is 2.96. The Balaban J connectivity index is 2.32. The monoisotopic (exact) mass is 576 g/mol. The summed E-state index contributed by atoms with van der Waals surface area (Å²) < 4.78 is 0. The van der Waals surface area contributed by atoms with E-state index in [4.69, 9.17) is 17.2 Å². The van der Waals surface area contributed by atoms with Gasteiger partial charge in [0.25, 0.3) is 0 Å². The number of thiol groups is 1. The summed E-state index contributed by atoms with van der Waals surface area (Å²) in [7, 11) is 0. The van der Waals surface area contributed by atoms with Gasteiger partial charge in [0.1, 0.15) is 18.1 Å². The van der Waals surface area contributed by atoms with Gasteiger partial charge in [-0.2, -0.15) is 12.6 Å². The minimum Gasteiger partial charge on any atom is -0.480 e. The average molecular weight is 577 g/mol. The van der Waals surface area contributed by atoms with E-state index in [1.54, 1.807) is 6.20 Å². The Labute approximate surface area is 238 Å². The third-order valence-corrected chi connectivity index (χ3v) is 7.03. The van der Waals surface area contributed by atoms with Crippen LogP contribution in [0.1, 0.15) is 38.7 Å². The number of nitrogens with one attached hydrogen (secondary N) is 4. The predicted octanol–water partition coefficient (Wildman–Crippen LogP) is -0.394. The molecule has 0 aliphatic heterocycles. The lowest BCUT2D eigenvalue weighted by Crippen LogP contribution is -2.58. The molecule has 0 saturated carbocycles. The Morgan fingerprint density at radius 1 is 1.02 bits per heavy atom. The molecule has 11 N–H and O–H groups in total. The van der Waals surface area contributed by atoms with Gasteiger partial charge in [0.2, 0.25) is 17.7 Å². The van der Waals surface area contributed by atoms with Crippen LogP contribution in [0.4, 0.5) is 0 Å². The number of hydrogen-bond acceptors (Lipinski definition) is 7. The molecule has 0 saturated heterocycles. The molecule has 1 aromatic heterocycles. The molecule has 0 radical (unpaired) electrons. The molecule has 0 bridgehead atoms. The standard InChI is InChI=1S/C26H40N8O5S/c1-3-14(2)21(27)24(37)33-19(11-15-12-31-17-8-5-4-7-16(15)17)23(36)32-18(9-6-10-30-26(28)29)22(35)34-20(13-40)25(38)39/h4-5,7-8,12,14,18-21,31,40H,3,6,9-11,13,27H2,1-2H3,(H,32,36)(H,33,37)(H,34,35)(H,38,39)(H4,28,29,30). The summed E-state index contributed by atoms with van der Waals surface area (Å²) in [5, 5.41) is 18.0. The van der Waals surface area contributed by atoms with Crippen LogP contribution in [0.5, 0.6) is 0 Å². The number of carboxylic acid groups (broad SMARTS) is 1. The van der Waals surface area contributed by atoms with Crippen LogP contribution < -0.4 is 33.2 Å². The number of benzene rings is 1. The quantitative estimate of drug-likeness (QED) is 0.0551. The van der Waals surface area contributed by atoms with Gasteiger partial charge < -0.3 is 43.2 Å². The van der Waals surface area contributed by atoms with E-state index in [1.807, 2.05) is 38.1 Å². The molecule has 5 unspecified atom stereocenters. The number of carboxylic acids is 1. The molecule has 2 rings (SSSR count). The fraction of sp³-hybridized carbons (Fsp3) is 0.500. The number of fused-ring (bicyclic) bond motifs is 1. The molecule has 13 nitrogen and oxygen atoms in total. The highest BCUT2D eigenvalue weighted by atomic mass is 32.1. The number of rotatable bonds is 16. The highest BCUT2D eigenvalue weighted by molar-refractivity contribution is 7.80. The summed E-state index contributed by atoms with van der Waals surface area (Å²) in [5.74, 6) is -3.50. The summed E-state index contributed by atoms with van der Waals surface area (Å²) in [6.45, 7) is 3.95. The molecule has 40 heavy (non-hydrogen) atoms. The molecule has 0 aliphatic rings. The second-order valence-electron chi connectivity index (χ2n) is 9.63. The van der Waals surface area contributed by atoms with E-state index in [1.165, 1.54) is 0 Å². The minimum atomic E-state index is -1.27. The first-order valence-corrected chi connectivity index (χ1v) is 13.7. The lowest BCUT2D eigenvalue weighted by molar-refractivity contribution is -0.141. The molecule has 1 heterocycles. The van der Waals surface area contributed by atoms with Gasteiger partial charge in [-0.1, -0.05) is 38.5 Å². The van der Waals surface area contributed by atoms with Crippen LogP contribution in [0.15, 0.2) is 35.5 Å². The number of nitrogens with two attached hydrogens (primary N) is 3. The van der Waals surface area contributed by atoms with Gasteiger partial charge >= 0.3 is 5.97 Å². The van der Waals surface area contributed by atoms with Crippen LogP contribution in [0, 0.1) is 5.92 Å². The third-order valence-electron chi connectivity index (χ3n) is 6.67. The van der Waals surface area contributed by atoms with Crippen molar-refractivity contribution in [2.75, 3.05) is 12.3 Å². The molecular weight excluding hydrogens is 536 g/mol. The Hall–Kier alpha value is -3.78. The molecule has 5 atom stereocenters. The Morgan fingerprint density at radius 3 is 2.27 bits per heavy atom. The second-order valence-corrected chi connectivity index (χ2v) is 9.99. The van der Waals surface area contributed by atoms with Crippen molar-refractivity contribution in [1.29, 1.82) is 0 Å². The Morgan fingerprint density at radius 2 is 1.65 bits per heavy atom. The summed E-state index contributed by atoms with van der Waals surface area (Å²) in [4.78, 5) is 58.1. The van der Waals surface area contributed by atoms with Gasteiger partial charge in [-0.15, -0.1) is 0 Å². The molecule has 0 aliphatic carbocycles. The molecule has 0 fully saturated rings. The maximum atomic E-state index is 13.6. The summed E-state index contributed by atoms with van der Waals surface area (Å²) >= 11 is 3.98. The number of aliphatic carboxylic acids is 1. The topological polar surface area (TPSA) is 231 Å². The number of para-hydroxylation sites is 1. The van der Waals surface area contributed by atoms with Crippen molar-refractivity contribution in [3.8, 4) is 0 Å². The molecule has 2 aromatic rings. The van der Waals surface area contributed by atoms with Crippen LogP contribution >= 0.6 is 12.6 Å². The van der Waals surface area contributed by atoms with E-state index in [0.29, 0.717) is 12.8 Å². The van der Waals surface area contributed by atoms with Gasteiger partial charge in [0.05, 0.1) is 6.04 Å². The highest BCUT2D eigenvalue weighted by Crippen LogP contribution is 2.19. The van der Waals surface area contributed by atoms with Crippen molar-refractivity contribution in [3.05, 3.63) is 36.0 Å². The third kappa shape index (κ3) is 9.45. The fourth-order valence-corrected chi connectivity index (χ4v) is 4.26. The molecular formula is C26H40N8O5S. The van der Waals surface area contributed by atoms with E-state index in [2.05, 4.69) is 38.6 Å². The van der Waals surface area contributed by atoms with Crippen LogP contribution in [-0.4, -0.2) is 76.2 Å².